The van der Waals surface area contributed by atoms with Crippen LogP contribution in [0.1, 0.15) is 0 Å². The molecule has 1 saturated heterocycles. The third kappa shape index (κ3) is 3.25. The van der Waals surface area contributed by atoms with E-state index in [9.17, 15) is 4.79 Å². The maximum atomic E-state index is 10.8. The van der Waals surface area contributed by atoms with E-state index in [0.717, 1.165) is 24.0 Å². The van der Waals surface area contributed by atoms with Gasteiger partial charge in [0, 0.05) is 18.5 Å². The number of thioether (sulfide) groups is 1. The van der Waals surface area contributed by atoms with E-state index in [1.54, 1.807) is 0 Å². The zero-order valence-electron chi connectivity index (χ0n) is 11.4. The number of nitrogens with zero attached hydrogens (tertiary/aromatic N) is 3. The fraction of sp³-hybridized carbons (Fsp3) is 0.357. The number of rotatable bonds is 4. The normalized spacial score (nSPS) is 15.3. The summed E-state index contributed by atoms with van der Waals surface area (Å²) < 4.78 is 5.34. The van der Waals surface area contributed by atoms with Gasteiger partial charge in [0.05, 0.1) is 24.5 Å². The second-order valence-electron chi connectivity index (χ2n) is 4.63. The molecular weight excluding hydrogens is 290 g/mol. The number of carboxylic acid groups (broad SMARTS) is 1. The first kappa shape index (κ1) is 14.1. The Morgan fingerprint density at radius 3 is 2.81 bits per heavy atom. The number of fused-ring (bicyclic) bond motifs is 1. The van der Waals surface area contributed by atoms with E-state index in [-0.39, 0.29) is 5.75 Å². The van der Waals surface area contributed by atoms with Gasteiger partial charge in [0.15, 0.2) is 0 Å². The second kappa shape index (κ2) is 6.28. The van der Waals surface area contributed by atoms with Crippen molar-refractivity contribution in [2.24, 2.45) is 0 Å². The molecule has 1 aromatic heterocycles. The van der Waals surface area contributed by atoms with Crippen LogP contribution in [0.25, 0.3) is 10.9 Å². The Morgan fingerprint density at radius 2 is 2.05 bits per heavy atom. The number of hydrogen-bond acceptors (Lipinski definition) is 6. The number of carboxylic acids is 1. The van der Waals surface area contributed by atoms with Crippen LogP contribution in [0.3, 0.4) is 0 Å². The molecular formula is C14H15N3O3S. The largest absolute Gasteiger partial charge is 0.481 e. The average Bonchev–Trinajstić information content (AvgIpc) is 2.53. The molecule has 0 unspecified atom stereocenters. The predicted octanol–water partition coefficient (Wildman–Crippen LogP) is 1.64. The smallest absolute Gasteiger partial charge is 0.313 e. The van der Waals surface area contributed by atoms with Crippen LogP contribution < -0.4 is 4.90 Å². The molecule has 1 aliphatic heterocycles. The van der Waals surface area contributed by atoms with E-state index in [0.29, 0.717) is 24.2 Å². The van der Waals surface area contributed by atoms with Crippen molar-refractivity contribution in [2.75, 3.05) is 37.0 Å². The molecule has 1 aliphatic rings. The average molecular weight is 305 g/mol. The first-order chi connectivity index (χ1) is 10.2. The highest BCUT2D eigenvalue weighted by Crippen LogP contribution is 2.27. The van der Waals surface area contributed by atoms with Crippen molar-refractivity contribution in [3.63, 3.8) is 0 Å². The molecule has 1 fully saturated rings. The van der Waals surface area contributed by atoms with E-state index in [2.05, 4.69) is 14.9 Å². The lowest BCUT2D eigenvalue weighted by Gasteiger charge is -2.27. The monoisotopic (exact) mass is 305 g/mol. The summed E-state index contributed by atoms with van der Waals surface area (Å²) in [7, 11) is 0. The summed E-state index contributed by atoms with van der Waals surface area (Å²) in [5.41, 5.74) is 0.835. The van der Waals surface area contributed by atoms with E-state index in [4.69, 9.17) is 9.84 Å². The number of hydrogen-bond donors (Lipinski definition) is 1. The number of aromatic nitrogens is 2. The van der Waals surface area contributed by atoms with Crippen LogP contribution >= 0.6 is 11.8 Å². The number of ether oxygens (including phenoxy) is 1. The minimum atomic E-state index is -0.851. The number of para-hydroxylation sites is 1. The SMILES string of the molecule is O=C(O)CSc1nc(N2CCOCC2)nc2ccccc12. The van der Waals surface area contributed by atoms with Crippen LogP contribution in [0.15, 0.2) is 29.3 Å². The van der Waals surface area contributed by atoms with Crippen LogP contribution in [0.5, 0.6) is 0 Å². The van der Waals surface area contributed by atoms with Gasteiger partial charge in [-0.3, -0.25) is 4.79 Å². The van der Waals surface area contributed by atoms with Gasteiger partial charge in [-0.2, -0.15) is 0 Å². The maximum absolute atomic E-state index is 10.8. The Bertz CT molecular complexity index is 659. The highest BCUT2D eigenvalue weighted by atomic mass is 32.2. The fourth-order valence-electron chi connectivity index (χ4n) is 2.18. The van der Waals surface area contributed by atoms with Gasteiger partial charge in [0.25, 0.3) is 0 Å². The number of carbonyl (C=O) groups is 1. The molecule has 0 amide bonds. The van der Waals surface area contributed by atoms with Crippen molar-refractivity contribution in [3.05, 3.63) is 24.3 Å². The molecule has 1 aromatic carbocycles. The van der Waals surface area contributed by atoms with Crippen LogP contribution in [0.4, 0.5) is 5.95 Å². The van der Waals surface area contributed by atoms with Crippen molar-refractivity contribution in [1.82, 2.24) is 9.97 Å². The molecule has 0 saturated carbocycles. The summed E-state index contributed by atoms with van der Waals surface area (Å²) in [6.45, 7) is 2.82. The summed E-state index contributed by atoms with van der Waals surface area (Å²) >= 11 is 1.23. The van der Waals surface area contributed by atoms with Crippen LogP contribution in [-0.4, -0.2) is 53.1 Å². The molecule has 0 spiro atoms. The third-order valence-corrected chi connectivity index (χ3v) is 4.16. The molecule has 110 valence electrons. The molecule has 0 bridgehead atoms. The topological polar surface area (TPSA) is 75.5 Å². The molecule has 6 nitrogen and oxygen atoms in total. The number of morpholine rings is 1. The Kier molecular flexibility index (Phi) is 4.21. The lowest BCUT2D eigenvalue weighted by molar-refractivity contribution is -0.133. The van der Waals surface area contributed by atoms with E-state index >= 15 is 0 Å². The Labute approximate surface area is 126 Å². The number of anilines is 1. The van der Waals surface area contributed by atoms with E-state index in [1.807, 2.05) is 24.3 Å². The molecule has 2 heterocycles. The van der Waals surface area contributed by atoms with Gasteiger partial charge in [0.1, 0.15) is 5.03 Å². The van der Waals surface area contributed by atoms with Crippen molar-refractivity contribution < 1.29 is 14.6 Å². The molecule has 21 heavy (non-hydrogen) atoms. The minimum absolute atomic E-state index is 0.0104. The summed E-state index contributed by atoms with van der Waals surface area (Å²) in [4.78, 5) is 22.0. The zero-order chi connectivity index (χ0) is 14.7. The molecule has 3 rings (SSSR count). The van der Waals surface area contributed by atoms with Gasteiger partial charge in [-0.25, -0.2) is 9.97 Å². The summed E-state index contributed by atoms with van der Waals surface area (Å²) in [5, 5.41) is 10.5. The van der Waals surface area contributed by atoms with Crippen LogP contribution in [0.2, 0.25) is 0 Å². The van der Waals surface area contributed by atoms with Gasteiger partial charge < -0.3 is 14.7 Å². The minimum Gasteiger partial charge on any atom is -0.481 e. The zero-order valence-corrected chi connectivity index (χ0v) is 12.2. The highest BCUT2D eigenvalue weighted by molar-refractivity contribution is 8.00. The van der Waals surface area contributed by atoms with Gasteiger partial charge in [-0.05, 0) is 6.07 Å². The highest BCUT2D eigenvalue weighted by Gasteiger charge is 2.17. The fourth-order valence-corrected chi connectivity index (χ4v) is 2.92. The van der Waals surface area contributed by atoms with Gasteiger partial charge in [0.2, 0.25) is 5.95 Å². The maximum Gasteiger partial charge on any atom is 0.313 e. The van der Waals surface area contributed by atoms with Gasteiger partial charge >= 0.3 is 5.97 Å². The van der Waals surface area contributed by atoms with Gasteiger partial charge in [-0.15, -0.1) is 0 Å². The van der Waals surface area contributed by atoms with Crippen molar-refractivity contribution in [1.29, 1.82) is 0 Å². The summed E-state index contributed by atoms with van der Waals surface area (Å²) in [5.74, 6) is -0.218. The van der Waals surface area contributed by atoms with Crippen LogP contribution in [0, 0.1) is 0 Å². The molecule has 2 aromatic rings. The molecule has 1 N–H and O–H groups in total. The van der Waals surface area contributed by atoms with Gasteiger partial charge in [-0.1, -0.05) is 30.0 Å². The molecule has 0 radical (unpaired) electrons. The Hall–Kier alpha value is -1.86. The van der Waals surface area contributed by atoms with Crippen molar-refractivity contribution in [3.8, 4) is 0 Å². The summed E-state index contributed by atoms with van der Waals surface area (Å²) in [6, 6.07) is 7.67. The lowest BCUT2D eigenvalue weighted by Crippen LogP contribution is -2.37. The third-order valence-electron chi connectivity index (χ3n) is 3.18. The first-order valence-corrected chi connectivity index (χ1v) is 7.66. The molecule has 7 heteroatoms. The molecule has 0 aliphatic carbocycles. The second-order valence-corrected chi connectivity index (χ2v) is 5.59. The standard InChI is InChI=1S/C14H15N3O3S/c18-12(19)9-21-13-10-3-1-2-4-11(10)15-14(16-13)17-5-7-20-8-6-17/h1-4H,5-9H2,(H,18,19). The van der Waals surface area contributed by atoms with Crippen molar-refractivity contribution in [2.45, 2.75) is 5.03 Å². The van der Waals surface area contributed by atoms with Crippen molar-refractivity contribution >= 4 is 34.6 Å². The summed E-state index contributed by atoms with van der Waals surface area (Å²) in [6.07, 6.45) is 0. The Balaban J connectivity index is 1.99. The van der Waals surface area contributed by atoms with Crippen LogP contribution in [-0.2, 0) is 9.53 Å². The lowest BCUT2D eigenvalue weighted by atomic mass is 10.2. The molecule has 0 atom stereocenters. The predicted molar refractivity (Wildman–Crippen MR) is 80.9 cm³/mol. The quantitative estimate of drug-likeness (QED) is 0.680. The van der Waals surface area contributed by atoms with E-state index in [1.165, 1.54) is 11.8 Å². The van der Waals surface area contributed by atoms with E-state index < -0.39 is 5.97 Å². The number of benzene rings is 1. The Morgan fingerprint density at radius 1 is 1.29 bits per heavy atom. The first-order valence-electron chi connectivity index (χ1n) is 6.68. The number of aliphatic carboxylic acids is 1.